The van der Waals surface area contributed by atoms with E-state index in [1.165, 1.54) is 28.2 Å². The Morgan fingerprint density at radius 2 is 1.88 bits per heavy atom. The molecule has 8 heteroatoms. The molecule has 1 aliphatic heterocycles. The fraction of sp³-hybridized carbons (Fsp3) is 0.389. The van der Waals surface area contributed by atoms with Gasteiger partial charge in [0.1, 0.15) is 10.6 Å². The number of carboxylic acids is 1. The van der Waals surface area contributed by atoms with E-state index < -0.39 is 16.0 Å². The zero-order chi connectivity index (χ0) is 19.1. The Labute approximate surface area is 153 Å². The van der Waals surface area contributed by atoms with Gasteiger partial charge in [0, 0.05) is 44.6 Å². The van der Waals surface area contributed by atoms with Crippen LogP contribution in [0.1, 0.15) is 29.9 Å². The van der Waals surface area contributed by atoms with Crippen LogP contribution in [0.5, 0.6) is 0 Å². The SMILES string of the molecule is CC(C)N1CCN(S(=O)(=O)c2cc(C(=O)O)n(C)c2)Cc2ccccc21. The molecule has 0 saturated heterocycles. The third-order valence-electron chi connectivity index (χ3n) is 4.70. The van der Waals surface area contributed by atoms with E-state index >= 15 is 0 Å². The quantitative estimate of drug-likeness (QED) is 0.883. The predicted molar refractivity (Wildman–Crippen MR) is 98.9 cm³/mol. The molecule has 0 unspecified atom stereocenters. The van der Waals surface area contributed by atoms with Crippen molar-refractivity contribution in [3.05, 3.63) is 47.8 Å². The number of hydrogen-bond acceptors (Lipinski definition) is 4. The number of para-hydroxylation sites is 1. The zero-order valence-corrected chi connectivity index (χ0v) is 15.9. The molecule has 2 heterocycles. The number of carbonyl (C=O) groups is 1. The van der Waals surface area contributed by atoms with Gasteiger partial charge in [-0.15, -0.1) is 0 Å². The van der Waals surface area contributed by atoms with Crippen LogP contribution in [0.2, 0.25) is 0 Å². The van der Waals surface area contributed by atoms with Crippen LogP contribution < -0.4 is 4.90 Å². The summed E-state index contributed by atoms with van der Waals surface area (Å²) in [5.41, 5.74) is 1.93. The summed E-state index contributed by atoms with van der Waals surface area (Å²) in [5, 5.41) is 9.19. The first kappa shape index (κ1) is 18.5. The van der Waals surface area contributed by atoms with E-state index in [1.54, 1.807) is 0 Å². The highest BCUT2D eigenvalue weighted by atomic mass is 32.2. The molecule has 0 bridgehead atoms. The number of aromatic nitrogens is 1. The molecule has 0 fully saturated rings. The van der Waals surface area contributed by atoms with Gasteiger partial charge in [0.05, 0.1) is 0 Å². The smallest absolute Gasteiger partial charge is 0.352 e. The fourth-order valence-electron chi connectivity index (χ4n) is 3.31. The Morgan fingerprint density at radius 1 is 1.19 bits per heavy atom. The lowest BCUT2D eigenvalue weighted by Crippen LogP contribution is -2.38. The van der Waals surface area contributed by atoms with Crippen molar-refractivity contribution in [2.24, 2.45) is 7.05 Å². The molecule has 7 nitrogen and oxygen atoms in total. The summed E-state index contributed by atoms with van der Waals surface area (Å²) in [6.45, 7) is 5.34. The highest BCUT2D eigenvalue weighted by molar-refractivity contribution is 7.89. The normalized spacial score (nSPS) is 15.8. The molecule has 140 valence electrons. The van der Waals surface area contributed by atoms with Gasteiger partial charge in [0.2, 0.25) is 10.0 Å². The first-order valence-corrected chi connectivity index (χ1v) is 9.90. The molecule has 0 saturated carbocycles. The van der Waals surface area contributed by atoms with Crippen LogP contribution >= 0.6 is 0 Å². The third kappa shape index (κ3) is 3.22. The van der Waals surface area contributed by atoms with Crippen molar-refractivity contribution < 1.29 is 18.3 Å². The summed E-state index contributed by atoms with van der Waals surface area (Å²) in [6.07, 6.45) is 1.36. The average Bonchev–Trinajstić information content (AvgIpc) is 2.86. The maximum absolute atomic E-state index is 13.1. The second-order valence-corrected chi connectivity index (χ2v) is 8.67. The number of aromatic carboxylic acids is 1. The Kier molecular flexibility index (Phi) is 4.81. The second-order valence-electron chi connectivity index (χ2n) is 6.73. The molecule has 0 spiro atoms. The van der Waals surface area contributed by atoms with Crippen LogP contribution in [-0.2, 0) is 23.6 Å². The van der Waals surface area contributed by atoms with Crippen molar-refractivity contribution in [1.82, 2.24) is 8.87 Å². The third-order valence-corrected chi connectivity index (χ3v) is 6.51. The van der Waals surface area contributed by atoms with Gasteiger partial charge in [0.15, 0.2) is 0 Å². The Bertz CT molecular complexity index is 934. The van der Waals surface area contributed by atoms with E-state index in [1.807, 2.05) is 24.3 Å². The van der Waals surface area contributed by atoms with E-state index in [9.17, 15) is 18.3 Å². The van der Waals surface area contributed by atoms with Crippen LogP contribution in [0.25, 0.3) is 0 Å². The number of sulfonamides is 1. The summed E-state index contributed by atoms with van der Waals surface area (Å²) in [6, 6.07) is 9.26. The minimum atomic E-state index is -3.79. The number of aryl methyl sites for hydroxylation is 1. The maximum atomic E-state index is 13.1. The minimum absolute atomic E-state index is 0.00729. The molecule has 0 atom stereocenters. The van der Waals surface area contributed by atoms with Gasteiger partial charge >= 0.3 is 5.97 Å². The van der Waals surface area contributed by atoms with Crippen molar-refractivity contribution in [1.29, 1.82) is 0 Å². The summed E-state index contributed by atoms with van der Waals surface area (Å²) >= 11 is 0. The summed E-state index contributed by atoms with van der Waals surface area (Å²) in [7, 11) is -2.26. The van der Waals surface area contributed by atoms with Gasteiger partial charge in [-0.05, 0) is 31.5 Å². The van der Waals surface area contributed by atoms with Crippen molar-refractivity contribution in [3.8, 4) is 0 Å². The molecule has 1 aromatic carbocycles. The van der Waals surface area contributed by atoms with Crippen molar-refractivity contribution >= 4 is 21.7 Å². The minimum Gasteiger partial charge on any atom is -0.477 e. The molecule has 1 aliphatic rings. The van der Waals surface area contributed by atoms with Gasteiger partial charge in [-0.25, -0.2) is 13.2 Å². The molecule has 0 amide bonds. The van der Waals surface area contributed by atoms with E-state index in [0.717, 1.165) is 11.3 Å². The number of carboxylic acid groups (broad SMARTS) is 1. The number of rotatable bonds is 4. The van der Waals surface area contributed by atoms with Gasteiger partial charge in [-0.3, -0.25) is 0 Å². The molecular weight excluding hydrogens is 354 g/mol. The molecular formula is C18H23N3O4S. The summed E-state index contributed by atoms with van der Waals surface area (Å²) in [5.74, 6) is -1.15. The molecule has 2 aromatic rings. The summed E-state index contributed by atoms with van der Waals surface area (Å²) in [4.78, 5) is 13.4. The van der Waals surface area contributed by atoms with E-state index in [4.69, 9.17) is 0 Å². The Morgan fingerprint density at radius 3 is 2.50 bits per heavy atom. The molecule has 0 radical (unpaired) electrons. The van der Waals surface area contributed by atoms with Crippen LogP contribution in [0.15, 0.2) is 41.4 Å². The average molecular weight is 377 g/mol. The first-order valence-electron chi connectivity index (χ1n) is 8.46. The number of benzene rings is 1. The van der Waals surface area contributed by atoms with Crippen molar-refractivity contribution in [2.75, 3.05) is 18.0 Å². The van der Waals surface area contributed by atoms with Gasteiger partial charge < -0.3 is 14.6 Å². The molecule has 26 heavy (non-hydrogen) atoms. The number of hydrogen-bond donors (Lipinski definition) is 1. The standard InChI is InChI=1S/C18H23N3O4S/c1-13(2)21-9-8-20(11-14-6-4-5-7-16(14)21)26(24,25)15-10-17(18(22)23)19(3)12-15/h4-7,10,12-13H,8-9,11H2,1-3H3,(H,22,23). The van der Waals surface area contributed by atoms with Gasteiger partial charge in [0.25, 0.3) is 0 Å². The highest BCUT2D eigenvalue weighted by Crippen LogP contribution is 2.29. The number of fused-ring (bicyclic) bond motifs is 1. The molecule has 1 aromatic heterocycles. The Hall–Kier alpha value is -2.32. The zero-order valence-electron chi connectivity index (χ0n) is 15.1. The van der Waals surface area contributed by atoms with Crippen LogP contribution in [-0.4, -0.2) is 47.5 Å². The predicted octanol–water partition coefficient (Wildman–Crippen LogP) is 2.14. The van der Waals surface area contributed by atoms with Gasteiger partial charge in [-0.1, -0.05) is 18.2 Å². The van der Waals surface area contributed by atoms with Crippen molar-refractivity contribution in [3.63, 3.8) is 0 Å². The van der Waals surface area contributed by atoms with E-state index in [0.29, 0.717) is 13.1 Å². The lowest BCUT2D eigenvalue weighted by Gasteiger charge is -2.28. The van der Waals surface area contributed by atoms with Crippen LogP contribution in [0, 0.1) is 0 Å². The monoisotopic (exact) mass is 377 g/mol. The molecule has 1 N–H and O–H groups in total. The lowest BCUT2D eigenvalue weighted by atomic mass is 10.1. The van der Waals surface area contributed by atoms with Gasteiger partial charge in [-0.2, -0.15) is 4.31 Å². The van der Waals surface area contributed by atoms with Crippen molar-refractivity contribution in [2.45, 2.75) is 31.3 Å². The lowest BCUT2D eigenvalue weighted by molar-refractivity contribution is 0.0686. The van der Waals surface area contributed by atoms with Crippen LogP contribution in [0.4, 0.5) is 5.69 Å². The first-order chi connectivity index (χ1) is 12.2. The highest BCUT2D eigenvalue weighted by Gasteiger charge is 2.31. The maximum Gasteiger partial charge on any atom is 0.352 e. The van der Waals surface area contributed by atoms with Crippen LogP contribution in [0.3, 0.4) is 0 Å². The largest absolute Gasteiger partial charge is 0.477 e. The van der Waals surface area contributed by atoms with E-state index in [-0.39, 0.29) is 23.2 Å². The second kappa shape index (κ2) is 6.77. The number of nitrogens with zero attached hydrogens (tertiary/aromatic N) is 3. The molecule has 0 aliphatic carbocycles. The Balaban J connectivity index is 2.00. The fourth-order valence-corrected chi connectivity index (χ4v) is 4.79. The number of anilines is 1. The van der Waals surface area contributed by atoms with E-state index in [2.05, 4.69) is 18.7 Å². The molecule has 3 rings (SSSR count). The topological polar surface area (TPSA) is 82.8 Å². The summed E-state index contributed by atoms with van der Waals surface area (Å²) < 4.78 is 29.0.